The summed E-state index contributed by atoms with van der Waals surface area (Å²) in [5.74, 6) is 0.779. The predicted octanol–water partition coefficient (Wildman–Crippen LogP) is 3.02. The van der Waals surface area contributed by atoms with Gasteiger partial charge in [0.25, 0.3) is 5.91 Å². The lowest BCUT2D eigenvalue weighted by atomic mass is 9.90. The molecule has 1 fully saturated rings. The Hall–Kier alpha value is -2.73. The Morgan fingerprint density at radius 1 is 1.24 bits per heavy atom. The van der Waals surface area contributed by atoms with Crippen LogP contribution in [0.15, 0.2) is 42.7 Å². The van der Waals surface area contributed by atoms with Gasteiger partial charge in [-0.2, -0.15) is 0 Å². The van der Waals surface area contributed by atoms with E-state index in [1.54, 1.807) is 18.3 Å². The Morgan fingerprint density at radius 3 is 2.84 bits per heavy atom. The minimum atomic E-state index is -0.240. The Balaban J connectivity index is 1.61. The smallest absolute Gasteiger partial charge is 0.275 e. The molecule has 0 bridgehead atoms. The van der Waals surface area contributed by atoms with Crippen LogP contribution in [-0.4, -0.2) is 45.9 Å². The Kier molecular flexibility index (Phi) is 4.19. The van der Waals surface area contributed by atoms with E-state index in [-0.39, 0.29) is 5.91 Å². The van der Waals surface area contributed by atoms with Crippen LogP contribution in [0.25, 0.3) is 11.0 Å². The molecule has 2 N–H and O–H groups in total. The first-order valence-corrected chi connectivity index (χ1v) is 8.59. The van der Waals surface area contributed by atoms with Crippen molar-refractivity contribution >= 4 is 22.8 Å². The maximum absolute atomic E-state index is 12.5. The number of fused-ring (bicyclic) bond motifs is 1. The van der Waals surface area contributed by atoms with Gasteiger partial charge in [-0.3, -0.25) is 4.79 Å². The quantitative estimate of drug-likeness (QED) is 0.771. The van der Waals surface area contributed by atoms with Crippen LogP contribution in [0.2, 0.25) is 0 Å². The molecule has 0 radical (unpaired) electrons. The van der Waals surface area contributed by atoms with Gasteiger partial charge in [-0.15, -0.1) is 0 Å². The SMILES string of the molecule is CN1CCC(c2c[nH]c3ccc(C(=O)Nc4ccccn4)nc23)CC1. The van der Waals surface area contributed by atoms with E-state index in [4.69, 9.17) is 0 Å². The van der Waals surface area contributed by atoms with E-state index in [1.165, 1.54) is 5.56 Å². The zero-order valence-corrected chi connectivity index (χ0v) is 14.2. The van der Waals surface area contributed by atoms with E-state index >= 15 is 0 Å². The molecule has 128 valence electrons. The minimum absolute atomic E-state index is 0.240. The van der Waals surface area contributed by atoms with E-state index in [2.05, 4.69) is 32.2 Å². The zero-order chi connectivity index (χ0) is 17.2. The highest BCUT2D eigenvalue weighted by molar-refractivity contribution is 6.03. The molecule has 25 heavy (non-hydrogen) atoms. The first-order chi connectivity index (χ1) is 12.2. The monoisotopic (exact) mass is 335 g/mol. The first-order valence-electron chi connectivity index (χ1n) is 8.59. The van der Waals surface area contributed by atoms with E-state index in [1.807, 2.05) is 24.4 Å². The summed E-state index contributed by atoms with van der Waals surface area (Å²) in [6, 6.07) is 9.08. The number of H-pyrrole nitrogens is 1. The Labute approximate surface area is 146 Å². The Bertz CT molecular complexity index is 881. The van der Waals surface area contributed by atoms with Crippen molar-refractivity contribution in [1.29, 1.82) is 0 Å². The Morgan fingerprint density at radius 2 is 2.08 bits per heavy atom. The van der Waals surface area contributed by atoms with Crippen LogP contribution in [-0.2, 0) is 0 Å². The summed E-state index contributed by atoms with van der Waals surface area (Å²) in [7, 11) is 2.16. The topological polar surface area (TPSA) is 73.9 Å². The van der Waals surface area contributed by atoms with Crippen molar-refractivity contribution in [1.82, 2.24) is 19.9 Å². The van der Waals surface area contributed by atoms with Crippen molar-refractivity contribution in [2.45, 2.75) is 18.8 Å². The summed E-state index contributed by atoms with van der Waals surface area (Å²) in [6.45, 7) is 2.19. The molecule has 4 rings (SSSR count). The molecule has 3 aromatic heterocycles. The predicted molar refractivity (Wildman–Crippen MR) is 97.8 cm³/mol. The highest BCUT2D eigenvalue weighted by Gasteiger charge is 2.22. The third-order valence-electron chi connectivity index (χ3n) is 4.85. The maximum atomic E-state index is 12.5. The zero-order valence-electron chi connectivity index (χ0n) is 14.2. The molecule has 1 amide bonds. The maximum Gasteiger partial charge on any atom is 0.275 e. The fourth-order valence-corrected chi connectivity index (χ4v) is 3.39. The molecule has 4 heterocycles. The van der Waals surface area contributed by atoms with E-state index in [0.717, 1.165) is 37.0 Å². The second kappa shape index (κ2) is 6.64. The minimum Gasteiger partial charge on any atom is -0.360 e. The molecule has 0 aliphatic carbocycles. The summed E-state index contributed by atoms with van der Waals surface area (Å²) < 4.78 is 0. The molecule has 1 saturated heterocycles. The van der Waals surface area contributed by atoms with Crippen molar-refractivity contribution < 1.29 is 4.79 Å². The number of anilines is 1. The van der Waals surface area contributed by atoms with Gasteiger partial charge in [0.05, 0.1) is 11.0 Å². The van der Waals surface area contributed by atoms with Gasteiger partial charge in [0.2, 0.25) is 0 Å². The highest BCUT2D eigenvalue weighted by atomic mass is 16.1. The summed E-state index contributed by atoms with van der Waals surface area (Å²) in [6.07, 6.45) is 5.94. The lowest BCUT2D eigenvalue weighted by Crippen LogP contribution is -2.29. The number of rotatable bonds is 3. The molecule has 6 nitrogen and oxygen atoms in total. The molecule has 3 aromatic rings. The molecule has 1 aliphatic rings. The molecule has 0 unspecified atom stereocenters. The number of hydrogen-bond donors (Lipinski definition) is 2. The number of carbonyl (C=O) groups excluding carboxylic acids is 1. The molecule has 6 heteroatoms. The summed E-state index contributed by atoms with van der Waals surface area (Å²) >= 11 is 0. The fraction of sp³-hybridized carbons (Fsp3) is 0.316. The number of piperidine rings is 1. The average molecular weight is 335 g/mol. The standard InChI is InChI=1S/C19H21N5O/c1-24-10-7-13(8-11-24)14-12-21-15-5-6-16(22-18(14)15)19(25)23-17-4-2-3-9-20-17/h2-6,9,12-13,21H,7-8,10-11H2,1H3,(H,20,23,25). The molecule has 1 aliphatic heterocycles. The highest BCUT2D eigenvalue weighted by Crippen LogP contribution is 2.32. The van der Waals surface area contributed by atoms with Gasteiger partial charge >= 0.3 is 0 Å². The number of aromatic nitrogens is 3. The molecule has 0 saturated carbocycles. The number of carbonyl (C=O) groups is 1. The lowest BCUT2D eigenvalue weighted by molar-refractivity contribution is 0.102. The van der Waals surface area contributed by atoms with Gasteiger partial charge in [0.15, 0.2) is 0 Å². The number of pyridine rings is 2. The summed E-state index contributed by atoms with van der Waals surface area (Å²) in [4.78, 5) is 26.9. The molecular formula is C19H21N5O. The van der Waals surface area contributed by atoms with Crippen molar-refractivity contribution in [2.75, 3.05) is 25.5 Å². The number of aromatic amines is 1. The van der Waals surface area contributed by atoms with Gasteiger partial charge < -0.3 is 15.2 Å². The van der Waals surface area contributed by atoms with Crippen LogP contribution in [0.4, 0.5) is 5.82 Å². The van der Waals surface area contributed by atoms with Crippen LogP contribution in [0, 0.1) is 0 Å². The van der Waals surface area contributed by atoms with Crippen molar-refractivity contribution in [3.63, 3.8) is 0 Å². The average Bonchev–Trinajstić information content (AvgIpc) is 3.06. The number of nitrogens with zero attached hydrogens (tertiary/aromatic N) is 3. The lowest BCUT2D eigenvalue weighted by Gasteiger charge is -2.28. The fourth-order valence-electron chi connectivity index (χ4n) is 3.39. The van der Waals surface area contributed by atoms with Crippen molar-refractivity contribution in [3.8, 4) is 0 Å². The molecule has 0 aromatic carbocycles. The second-order valence-electron chi connectivity index (χ2n) is 6.58. The first kappa shape index (κ1) is 15.8. The molecular weight excluding hydrogens is 314 g/mol. The van der Waals surface area contributed by atoms with E-state index in [9.17, 15) is 4.79 Å². The third-order valence-corrected chi connectivity index (χ3v) is 4.85. The third kappa shape index (κ3) is 3.25. The van der Waals surface area contributed by atoms with Crippen LogP contribution >= 0.6 is 0 Å². The van der Waals surface area contributed by atoms with E-state index in [0.29, 0.717) is 17.4 Å². The van der Waals surface area contributed by atoms with Gasteiger partial charge in [-0.1, -0.05) is 6.07 Å². The van der Waals surface area contributed by atoms with Gasteiger partial charge in [-0.05, 0) is 68.7 Å². The van der Waals surface area contributed by atoms with Gasteiger partial charge in [-0.25, -0.2) is 9.97 Å². The summed E-state index contributed by atoms with van der Waals surface area (Å²) in [5.41, 5.74) is 3.51. The van der Waals surface area contributed by atoms with Crippen molar-refractivity contribution in [3.05, 3.63) is 54.0 Å². The second-order valence-corrected chi connectivity index (χ2v) is 6.58. The molecule has 0 spiro atoms. The number of nitrogens with one attached hydrogen (secondary N) is 2. The molecule has 0 atom stereocenters. The van der Waals surface area contributed by atoms with Crippen LogP contribution in [0.1, 0.15) is 34.8 Å². The normalized spacial score (nSPS) is 16.2. The van der Waals surface area contributed by atoms with Crippen LogP contribution in [0.5, 0.6) is 0 Å². The van der Waals surface area contributed by atoms with Gasteiger partial charge in [0, 0.05) is 12.4 Å². The van der Waals surface area contributed by atoms with Crippen molar-refractivity contribution in [2.24, 2.45) is 0 Å². The van der Waals surface area contributed by atoms with Crippen LogP contribution in [0.3, 0.4) is 0 Å². The largest absolute Gasteiger partial charge is 0.360 e. The number of hydrogen-bond acceptors (Lipinski definition) is 4. The van der Waals surface area contributed by atoms with Crippen LogP contribution < -0.4 is 5.32 Å². The van der Waals surface area contributed by atoms with Gasteiger partial charge in [0.1, 0.15) is 11.5 Å². The summed E-state index contributed by atoms with van der Waals surface area (Å²) in [5, 5.41) is 2.79. The number of likely N-dealkylation sites (tertiary alicyclic amines) is 1. The number of amides is 1. The van der Waals surface area contributed by atoms with E-state index < -0.39 is 0 Å².